The minimum Gasteiger partial charge on any atom is -0.493 e. The molecule has 8 heteroatoms. The van der Waals surface area contributed by atoms with Crippen molar-refractivity contribution in [3.05, 3.63) is 87.1 Å². The number of aryl methyl sites for hydroxylation is 3. The minimum atomic E-state index is -0.266. The number of rotatable bonds is 9. The number of ether oxygens (including phenoxy) is 2. The number of hydrogen-bond donors (Lipinski definition) is 1. The van der Waals surface area contributed by atoms with Crippen LogP contribution in [0.15, 0.2) is 53.5 Å². The number of aromatic nitrogens is 3. The summed E-state index contributed by atoms with van der Waals surface area (Å²) in [5.74, 6) is 1.03. The van der Waals surface area contributed by atoms with Gasteiger partial charge in [-0.05, 0) is 50.5 Å². The molecule has 4 rings (SSSR count). The minimum absolute atomic E-state index is 0.137. The molecule has 0 unspecified atom stereocenters. The molecular weight excluding hydrogens is 456 g/mol. The topological polar surface area (TPSA) is 87.4 Å². The first-order valence-electron chi connectivity index (χ1n) is 11.9. The van der Waals surface area contributed by atoms with Gasteiger partial charge in [0, 0.05) is 29.9 Å². The second kappa shape index (κ2) is 10.7. The van der Waals surface area contributed by atoms with Crippen LogP contribution in [0.4, 0.5) is 0 Å². The fraction of sp³-hybridized carbons (Fsp3) is 0.321. The van der Waals surface area contributed by atoms with Crippen LogP contribution in [-0.4, -0.2) is 41.0 Å². The number of amides is 1. The van der Waals surface area contributed by atoms with E-state index in [0.29, 0.717) is 36.4 Å². The number of carbonyl (C=O) groups is 1. The van der Waals surface area contributed by atoms with E-state index < -0.39 is 0 Å². The Bertz CT molecular complexity index is 1450. The molecule has 4 aromatic rings. The van der Waals surface area contributed by atoms with Gasteiger partial charge in [-0.1, -0.05) is 35.9 Å². The molecule has 1 amide bonds. The highest BCUT2D eigenvalue weighted by Crippen LogP contribution is 2.27. The molecule has 36 heavy (non-hydrogen) atoms. The van der Waals surface area contributed by atoms with Crippen molar-refractivity contribution in [2.75, 3.05) is 20.8 Å². The summed E-state index contributed by atoms with van der Waals surface area (Å²) in [6, 6.07) is 14.0. The molecular formula is C28H32N4O4. The lowest BCUT2D eigenvalue weighted by Crippen LogP contribution is -2.34. The summed E-state index contributed by atoms with van der Waals surface area (Å²) in [6.07, 6.45) is 2.30. The summed E-state index contributed by atoms with van der Waals surface area (Å²) in [4.78, 5) is 25.8. The van der Waals surface area contributed by atoms with Gasteiger partial charge in [0.15, 0.2) is 11.5 Å². The highest BCUT2D eigenvalue weighted by molar-refractivity contribution is 5.87. The average molecular weight is 489 g/mol. The van der Waals surface area contributed by atoms with Crippen LogP contribution in [0.1, 0.15) is 28.1 Å². The quantitative estimate of drug-likeness (QED) is 0.389. The Kier molecular flexibility index (Phi) is 7.43. The van der Waals surface area contributed by atoms with Crippen LogP contribution in [0.5, 0.6) is 11.5 Å². The van der Waals surface area contributed by atoms with Crippen LogP contribution < -0.4 is 20.3 Å². The Morgan fingerprint density at radius 2 is 1.64 bits per heavy atom. The lowest BCUT2D eigenvalue weighted by atomic mass is 10.1. The van der Waals surface area contributed by atoms with Gasteiger partial charge in [-0.15, -0.1) is 0 Å². The maximum absolute atomic E-state index is 13.3. The van der Waals surface area contributed by atoms with E-state index in [1.54, 1.807) is 20.4 Å². The molecule has 0 atom stereocenters. The van der Waals surface area contributed by atoms with E-state index in [0.717, 1.165) is 27.9 Å². The highest BCUT2D eigenvalue weighted by atomic mass is 16.5. The summed E-state index contributed by atoms with van der Waals surface area (Å²) in [5.41, 5.74) is 4.97. The van der Waals surface area contributed by atoms with Gasteiger partial charge in [0.1, 0.15) is 6.54 Å². The Labute approximate surface area is 210 Å². The molecule has 2 aromatic carbocycles. The van der Waals surface area contributed by atoms with Crippen molar-refractivity contribution in [2.45, 2.75) is 40.3 Å². The smallest absolute Gasteiger partial charge is 0.276 e. The second-order valence-electron chi connectivity index (χ2n) is 8.93. The number of methoxy groups -OCH3 is 2. The van der Waals surface area contributed by atoms with E-state index in [-0.39, 0.29) is 18.0 Å². The van der Waals surface area contributed by atoms with Crippen LogP contribution in [-0.2, 0) is 24.3 Å². The lowest BCUT2D eigenvalue weighted by molar-refractivity contribution is -0.121. The van der Waals surface area contributed by atoms with E-state index in [9.17, 15) is 9.59 Å². The Balaban J connectivity index is 1.46. The van der Waals surface area contributed by atoms with Crippen molar-refractivity contribution in [1.29, 1.82) is 0 Å². The van der Waals surface area contributed by atoms with Gasteiger partial charge >= 0.3 is 0 Å². The van der Waals surface area contributed by atoms with E-state index in [1.165, 1.54) is 10.2 Å². The summed E-state index contributed by atoms with van der Waals surface area (Å²) >= 11 is 0. The molecule has 0 fully saturated rings. The van der Waals surface area contributed by atoms with Crippen LogP contribution in [0.3, 0.4) is 0 Å². The molecule has 0 bridgehead atoms. The van der Waals surface area contributed by atoms with Crippen LogP contribution in [0.25, 0.3) is 10.8 Å². The predicted molar refractivity (Wildman–Crippen MR) is 140 cm³/mol. The number of nitrogens with one attached hydrogen (secondary N) is 1. The van der Waals surface area contributed by atoms with Crippen molar-refractivity contribution in [3.63, 3.8) is 0 Å². The van der Waals surface area contributed by atoms with Gasteiger partial charge in [-0.25, -0.2) is 4.68 Å². The van der Waals surface area contributed by atoms with E-state index >= 15 is 0 Å². The van der Waals surface area contributed by atoms with Gasteiger partial charge in [0.05, 0.1) is 25.8 Å². The molecule has 0 aliphatic rings. The predicted octanol–water partition coefficient (Wildman–Crippen LogP) is 3.55. The number of nitrogens with zero attached hydrogens (tertiary/aromatic N) is 3. The monoisotopic (exact) mass is 488 g/mol. The maximum Gasteiger partial charge on any atom is 0.276 e. The SMILES string of the molecule is COc1ccc(CCNC(=O)Cn2ncc3c(C)n(Cc4ccc(C)cc4)c(C)c3c2=O)cc1OC. The number of benzene rings is 2. The molecule has 0 spiro atoms. The molecule has 8 nitrogen and oxygen atoms in total. The largest absolute Gasteiger partial charge is 0.493 e. The van der Waals surface area contributed by atoms with Gasteiger partial charge in [0.25, 0.3) is 5.56 Å². The molecule has 2 aromatic heterocycles. The number of fused-ring (bicyclic) bond motifs is 1. The molecule has 0 saturated heterocycles. The average Bonchev–Trinajstić information content (AvgIpc) is 3.11. The van der Waals surface area contributed by atoms with Crippen LogP contribution >= 0.6 is 0 Å². The first-order chi connectivity index (χ1) is 17.3. The standard InChI is InChI=1S/C28H32N4O4/c1-18-6-8-22(9-7-18)16-31-19(2)23-15-30-32(28(34)27(23)20(31)3)17-26(33)29-13-12-21-10-11-24(35-4)25(14-21)36-5/h6-11,14-15H,12-13,16-17H2,1-5H3,(H,29,33). The molecule has 0 aliphatic carbocycles. The fourth-order valence-electron chi connectivity index (χ4n) is 4.44. The van der Waals surface area contributed by atoms with Gasteiger partial charge < -0.3 is 19.4 Å². The summed E-state index contributed by atoms with van der Waals surface area (Å²) in [7, 11) is 3.18. The fourth-order valence-corrected chi connectivity index (χ4v) is 4.44. The third-order valence-electron chi connectivity index (χ3n) is 6.54. The van der Waals surface area contributed by atoms with Gasteiger partial charge in [-0.2, -0.15) is 5.10 Å². The van der Waals surface area contributed by atoms with Crippen molar-refractivity contribution in [3.8, 4) is 11.5 Å². The molecule has 0 radical (unpaired) electrons. The van der Waals surface area contributed by atoms with E-state index in [2.05, 4.69) is 46.2 Å². The Morgan fingerprint density at radius 3 is 2.33 bits per heavy atom. The third kappa shape index (κ3) is 5.12. The molecule has 1 N–H and O–H groups in total. The molecule has 0 saturated carbocycles. The zero-order chi connectivity index (χ0) is 25.8. The van der Waals surface area contributed by atoms with Crippen molar-refractivity contribution >= 4 is 16.7 Å². The summed E-state index contributed by atoms with van der Waals surface area (Å²) < 4.78 is 14.0. The molecule has 2 heterocycles. The summed E-state index contributed by atoms with van der Waals surface area (Å²) in [6.45, 7) is 6.96. The Morgan fingerprint density at radius 1 is 0.944 bits per heavy atom. The normalized spacial score (nSPS) is 11.0. The van der Waals surface area contributed by atoms with E-state index in [1.807, 2.05) is 32.0 Å². The Hall–Kier alpha value is -4.07. The van der Waals surface area contributed by atoms with Crippen LogP contribution in [0.2, 0.25) is 0 Å². The zero-order valence-electron chi connectivity index (χ0n) is 21.4. The van der Waals surface area contributed by atoms with Crippen molar-refractivity contribution in [2.24, 2.45) is 0 Å². The van der Waals surface area contributed by atoms with Crippen molar-refractivity contribution < 1.29 is 14.3 Å². The van der Waals surface area contributed by atoms with Gasteiger partial charge in [-0.3, -0.25) is 9.59 Å². The molecule has 188 valence electrons. The lowest BCUT2D eigenvalue weighted by Gasteiger charge is -2.10. The first kappa shape index (κ1) is 25.0. The number of hydrogen-bond acceptors (Lipinski definition) is 5. The first-order valence-corrected chi connectivity index (χ1v) is 11.9. The third-order valence-corrected chi connectivity index (χ3v) is 6.54. The van der Waals surface area contributed by atoms with Crippen molar-refractivity contribution in [1.82, 2.24) is 19.7 Å². The van der Waals surface area contributed by atoms with Crippen LogP contribution in [0, 0.1) is 20.8 Å². The van der Waals surface area contributed by atoms with E-state index in [4.69, 9.17) is 9.47 Å². The number of carbonyl (C=O) groups excluding carboxylic acids is 1. The highest BCUT2D eigenvalue weighted by Gasteiger charge is 2.17. The maximum atomic E-state index is 13.3. The zero-order valence-corrected chi connectivity index (χ0v) is 21.4. The second-order valence-corrected chi connectivity index (χ2v) is 8.93. The summed E-state index contributed by atoms with van der Waals surface area (Å²) in [5, 5.41) is 8.58. The molecule has 0 aliphatic heterocycles. The van der Waals surface area contributed by atoms with Gasteiger partial charge in [0.2, 0.25) is 5.91 Å².